The van der Waals surface area contributed by atoms with Crippen LogP contribution in [0.4, 0.5) is 17.1 Å². The van der Waals surface area contributed by atoms with Crippen LogP contribution in [0.25, 0.3) is 0 Å². The molecular formula is C16H18BrN3O5S. The Bertz CT molecular complexity index is 887. The van der Waals surface area contributed by atoms with Gasteiger partial charge in [-0.2, -0.15) is 0 Å². The predicted molar refractivity (Wildman–Crippen MR) is 103 cm³/mol. The molecule has 2 N–H and O–H groups in total. The molecule has 0 fully saturated rings. The molecule has 0 bridgehead atoms. The highest BCUT2D eigenvalue weighted by Gasteiger charge is 2.21. The zero-order valence-corrected chi connectivity index (χ0v) is 16.5. The van der Waals surface area contributed by atoms with Crippen molar-refractivity contribution in [2.24, 2.45) is 0 Å². The maximum Gasteiger partial charge on any atom is 0.293 e. The number of methoxy groups -OCH3 is 1. The summed E-state index contributed by atoms with van der Waals surface area (Å²) in [6.07, 6.45) is -0.155. The summed E-state index contributed by atoms with van der Waals surface area (Å²) < 4.78 is 33.3. The average Bonchev–Trinajstić information content (AvgIpc) is 2.61. The van der Waals surface area contributed by atoms with E-state index in [9.17, 15) is 18.5 Å². The molecule has 2 rings (SSSR count). The molecule has 1 atom stereocenters. The van der Waals surface area contributed by atoms with Gasteiger partial charge >= 0.3 is 0 Å². The number of nitrogens with zero attached hydrogens (tertiary/aromatic N) is 1. The van der Waals surface area contributed by atoms with Crippen LogP contribution >= 0.6 is 15.9 Å². The lowest BCUT2D eigenvalue weighted by Crippen LogP contribution is -2.19. The van der Waals surface area contributed by atoms with Crippen LogP contribution in [-0.4, -0.2) is 33.1 Å². The van der Waals surface area contributed by atoms with E-state index in [0.717, 1.165) is 10.5 Å². The fraction of sp³-hybridized carbons (Fsp3) is 0.250. The highest BCUT2D eigenvalue weighted by atomic mass is 79.9. The summed E-state index contributed by atoms with van der Waals surface area (Å²) in [5, 5.41) is 14.2. The molecule has 0 aliphatic carbocycles. The number of nitro groups is 1. The minimum Gasteiger partial charge on any atom is -0.380 e. The first-order chi connectivity index (χ1) is 12.2. The Morgan fingerprint density at radius 3 is 2.46 bits per heavy atom. The second-order valence-corrected chi connectivity index (χ2v) is 8.07. The molecule has 10 heteroatoms. The molecule has 0 spiro atoms. The molecule has 0 heterocycles. The Kier molecular flexibility index (Phi) is 6.57. The lowest BCUT2D eigenvalue weighted by atomic mass is 10.2. The molecule has 0 radical (unpaired) electrons. The molecule has 140 valence electrons. The van der Waals surface area contributed by atoms with Crippen LogP contribution in [0.2, 0.25) is 0 Å². The van der Waals surface area contributed by atoms with Crippen LogP contribution in [0.15, 0.2) is 51.8 Å². The van der Waals surface area contributed by atoms with Gasteiger partial charge in [-0.25, -0.2) is 8.42 Å². The molecule has 0 saturated heterocycles. The number of nitro benzene ring substituents is 1. The molecule has 8 nitrogen and oxygen atoms in total. The first kappa shape index (κ1) is 20.1. The van der Waals surface area contributed by atoms with Crippen molar-refractivity contribution in [2.45, 2.75) is 17.9 Å². The second kappa shape index (κ2) is 8.47. The minimum atomic E-state index is -3.96. The summed E-state index contributed by atoms with van der Waals surface area (Å²) in [5.74, 6) is 0. The van der Waals surface area contributed by atoms with Crippen molar-refractivity contribution in [1.82, 2.24) is 0 Å². The summed E-state index contributed by atoms with van der Waals surface area (Å²) in [6, 6.07) is 10.2. The van der Waals surface area contributed by atoms with E-state index in [4.69, 9.17) is 4.74 Å². The normalized spacial score (nSPS) is 12.4. The first-order valence-electron chi connectivity index (χ1n) is 7.56. The molecule has 2 aromatic carbocycles. The quantitative estimate of drug-likeness (QED) is 0.476. The van der Waals surface area contributed by atoms with Crippen molar-refractivity contribution in [3.8, 4) is 0 Å². The van der Waals surface area contributed by atoms with E-state index in [2.05, 4.69) is 26.0 Å². The smallest absolute Gasteiger partial charge is 0.293 e. The van der Waals surface area contributed by atoms with Gasteiger partial charge in [-0.15, -0.1) is 0 Å². The third-order valence-corrected chi connectivity index (χ3v) is 5.46. The number of rotatable bonds is 8. The van der Waals surface area contributed by atoms with E-state index >= 15 is 0 Å². The van der Waals surface area contributed by atoms with E-state index in [-0.39, 0.29) is 22.4 Å². The number of nitrogens with one attached hydrogen (secondary N) is 2. The Balaban J connectivity index is 2.29. The van der Waals surface area contributed by atoms with E-state index in [1.807, 2.05) is 0 Å². The predicted octanol–water partition coefficient (Wildman–Crippen LogP) is 3.60. The summed E-state index contributed by atoms with van der Waals surface area (Å²) in [6.45, 7) is 2.15. The number of anilines is 2. The lowest BCUT2D eigenvalue weighted by molar-refractivity contribution is -0.384. The highest BCUT2D eigenvalue weighted by molar-refractivity contribution is 9.10. The second-order valence-electron chi connectivity index (χ2n) is 5.48. The van der Waals surface area contributed by atoms with E-state index in [1.54, 1.807) is 31.2 Å². The Labute approximate surface area is 159 Å². The summed E-state index contributed by atoms with van der Waals surface area (Å²) in [4.78, 5) is 10.5. The highest BCUT2D eigenvalue weighted by Crippen LogP contribution is 2.28. The van der Waals surface area contributed by atoms with E-state index in [1.165, 1.54) is 19.2 Å². The third-order valence-electron chi connectivity index (χ3n) is 3.55. The van der Waals surface area contributed by atoms with E-state index in [0.29, 0.717) is 12.2 Å². The van der Waals surface area contributed by atoms with Crippen molar-refractivity contribution < 1.29 is 18.1 Å². The van der Waals surface area contributed by atoms with Gasteiger partial charge in [0.05, 0.1) is 15.9 Å². The zero-order valence-electron chi connectivity index (χ0n) is 14.1. The van der Waals surface area contributed by atoms with Crippen LogP contribution in [-0.2, 0) is 14.8 Å². The van der Waals surface area contributed by atoms with Gasteiger partial charge in [-0.3, -0.25) is 14.8 Å². The van der Waals surface area contributed by atoms with Crippen molar-refractivity contribution in [3.63, 3.8) is 0 Å². The standard InChI is InChI=1S/C16H18BrN3O5S/c1-11(25-2)10-18-15-8-7-14(9-16(15)20(21)22)26(23,24)19-13-5-3-12(17)4-6-13/h3-9,11,18-19H,10H2,1-2H3. The summed E-state index contributed by atoms with van der Waals surface area (Å²) >= 11 is 3.27. The van der Waals surface area contributed by atoms with Gasteiger partial charge in [0.25, 0.3) is 15.7 Å². The molecule has 0 saturated carbocycles. The van der Waals surface area contributed by atoms with Crippen LogP contribution in [0.1, 0.15) is 6.92 Å². The number of hydrogen-bond donors (Lipinski definition) is 2. The number of hydrogen-bond acceptors (Lipinski definition) is 6. The van der Waals surface area contributed by atoms with Gasteiger partial charge < -0.3 is 10.1 Å². The SMILES string of the molecule is COC(C)CNc1ccc(S(=O)(=O)Nc2ccc(Br)cc2)cc1[N+](=O)[O-]. The molecular weight excluding hydrogens is 426 g/mol. The van der Waals surface area contributed by atoms with Crippen LogP contribution in [0, 0.1) is 10.1 Å². The number of halogens is 1. The fourth-order valence-electron chi connectivity index (χ4n) is 2.05. The van der Waals surface area contributed by atoms with Gasteiger partial charge in [0, 0.05) is 29.9 Å². The zero-order chi connectivity index (χ0) is 19.3. The summed E-state index contributed by atoms with van der Waals surface area (Å²) in [7, 11) is -2.43. The van der Waals surface area contributed by atoms with Gasteiger partial charge in [0.1, 0.15) is 5.69 Å². The fourth-order valence-corrected chi connectivity index (χ4v) is 3.39. The largest absolute Gasteiger partial charge is 0.380 e. The minimum absolute atomic E-state index is 0.155. The van der Waals surface area contributed by atoms with Gasteiger partial charge in [0.15, 0.2) is 0 Å². The van der Waals surface area contributed by atoms with Crippen molar-refractivity contribution in [3.05, 3.63) is 57.1 Å². The van der Waals surface area contributed by atoms with Crippen molar-refractivity contribution >= 4 is 43.0 Å². The molecule has 0 aliphatic heterocycles. The molecule has 1 unspecified atom stereocenters. The monoisotopic (exact) mass is 443 g/mol. The summed E-state index contributed by atoms with van der Waals surface area (Å²) in [5.41, 5.74) is 0.250. The first-order valence-corrected chi connectivity index (χ1v) is 9.84. The Hall–Kier alpha value is -2.17. The van der Waals surface area contributed by atoms with Crippen LogP contribution < -0.4 is 10.0 Å². The maximum atomic E-state index is 12.5. The molecule has 0 aliphatic rings. The van der Waals surface area contributed by atoms with Gasteiger partial charge in [-0.1, -0.05) is 15.9 Å². The number of benzene rings is 2. The Morgan fingerprint density at radius 1 is 1.23 bits per heavy atom. The van der Waals surface area contributed by atoms with Crippen LogP contribution in [0.3, 0.4) is 0 Å². The topological polar surface area (TPSA) is 111 Å². The van der Waals surface area contributed by atoms with Gasteiger partial charge in [0.2, 0.25) is 0 Å². The number of sulfonamides is 1. The van der Waals surface area contributed by atoms with E-state index < -0.39 is 14.9 Å². The molecule has 26 heavy (non-hydrogen) atoms. The average molecular weight is 444 g/mol. The van der Waals surface area contributed by atoms with Crippen molar-refractivity contribution in [2.75, 3.05) is 23.7 Å². The maximum absolute atomic E-state index is 12.5. The third kappa shape index (κ3) is 5.16. The van der Waals surface area contributed by atoms with Crippen LogP contribution in [0.5, 0.6) is 0 Å². The molecule has 0 aromatic heterocycles. The Morgan fingerprint density at radius 2 is 1.88 bits per heavy atom. The lowest BCUT2D eigenvalue weighted by Gasteiger charge is -2.13. The molecule has 2 aromatic rings. The van der Waals surface area contributed by atoms with Crippen molar-refractivity contribution in [1.29, 1.82) is 0 Å². The number of ether oxygens (including phenoxy) is 1. The molecule has 0 amide bonds. The van der Waals surface area contributed by atoms with Gasteiger partial charge in [-0.05, 0) is 43.3 Å².